The number of unbranched alkanes of at least 4 members (excludes halogenated alkanes) is 30. The number of hydrogen-bond acceptors (Lipinski definition) is 7. The van der Waals surface area contributed by atoms with E-state index >= 15 is 0 Å². The Morgan fingerprint density at radius 3 is 1.08 bits per heavy atom. The Hall–Kier alpha value is -0.730. The molecule has 3 N–H and O–H groups in total. The quantitative estimate of drug-likeness (QED) is 0.0428. The molecule has 0 aromatic heterocycles. The van der Waals surface area contributed by atoms with Crippen molar-refractivity contribution in [3.63, 3.8) is 0 Å². The van der Waals surface area contributed by atoms with Gasteiger partial charge in [0, 0.05) is 26.2 Å². The third kappa shape index (κ3) is 49.3. The first-order valence-electron chi connectivity index (χ1n) is 23.3. The number of esters is 1. The second-order valence-corrected chi connectivity index (χ2v) is 16.1. The van der Waals surface area contributed by atoms with Gasteiger partial charge in [-0.2, -0.15) is 0 Å². The summed E-state index contributed by atoms with van der Waals surface area (Å²) in [4.78, 5) is 13.1. The SMILES string of the molecule is CCCCCCCCCCCCCCCCCCO.CCCCCCCCCCCCCCCCCCO.CN(C)CCC(=O)OC[C@@H]1CC[C@H](O)O1. The van der Waals surface area contributed by atoms with Gasteiger partial charge in [0.1, 0.15) is 6.61 Å². The minimum absolute atomic E-state index is 0.136. The second kappa shape index (κ2) is 47.4. The van der Waals surface area contributed by atoms with Crippen LogP contribution in [0.3, 0.4) is 0 Å². The van der Waals surface area contributed by atoms with Crippen LogP contribution in [0.15, 0.2) is 0 Å². The molecule has 53 heavy (non-hydrogen) atoms. The van der Waals surface area contributed by atoms with Gasteiger partial charge in [0.2, 0.25) is 0 Å². The zero-order chi connectivity index (χ0) is 39.3. The number of rotatable bonds is 37. The molecule has 0 aromatic carbocycles. The van der Waals surface area contributed by atoms with Crippen LogP contribution in [-0.2, 0) is 14.3 Å². The van der Waals surface area contributed by atoms with E-state index in [9.17, 15) is 4.79 Å². The van der Waals surface area contributed by atoms with Crippen molar-refractivity contribution >= 4 is 5.97 Å². The van der Waals surface area contributed by atoms with E-state index in [0.29, 0.717) is 32.6 Å². The average Bonchev–Trinajstić information content (AvgIpc) is 3.58. The molecule has 2 atom stereocenters. The standard InChI is InChI=1S/2C18H38O.C10H19NO4/c2*1-2-3-4-5-6-7-8-9-10-11-12-13-14-15-16-17-18-19;1-11(2)6-5-9(12)14-7-8-3-4-10(13)15-8/h2*19H,2-18H2,1H3;8,10,13H,3-7H2,1-2H3/t;;8-,10+/m..0/s1. The van der Waals surface area contributed by atoms with E-state index in [1.165, 1.54) is 193 Å². The molecule has 1 fully saturated rings. The lowest BCUT2D eigenvalue weighted by atomic mass is 10.0. The van der Waals surface area contributed by atoms with E-state index in [-0.39, 0.29) is 18.7 Å². The number of carbonyl (C=O) groups excluding carboxylic acids is 1. The molecule has 0 radical (unpaired) electrons. The molecule has 0 unspecified atom stereocenters. The van der Waals surface area contributed by atoms with Crippen molar-refractivity contribution in [2.24, 2.45) is 0 Å². The van der Waals surface area contributed by atoms with Crippen LogP contribution in [0.25, 0.3) is 0 Å². The first-order valence-corrected chi connectivity index (χ1v) is 23.3. The smallest absolute Gasteiger partial charge is 0.307 e. The van der Waals surface area contributed by atoms with Crippen molar-refractivity contribution in [1.82, 2.24) is 4.90 Å². The van der Waals surface area contributed by atoms with E-state index in [2.05, 4.69) is 13.8 Å². The van der Waals surface area contributed by atoms with Crippen LogP contribution < -0.4 is 0 Å². The largest absolute Gasteiger partial charge is 0.463 e. The number of aliphatic hydroxyl groups is 3. The summed E-state index contributed by atoms with van der Waals surface area (Å²) < 4.78 is 10.1. The van der Waals surface area contributed by atoms with Gasteiger partial charge in [0.25, 0.3) is 0 Å². The summed E-state index contributed by atoms with van der Waals surface area (Å²) in [5.74, 6) is -0.214. The Labute approximate surface area is 331 Å². The lowest BCUT2D eigenvalue weighted by Gasteiger charge is -2.12. The van der Waals surface area contributed by atoms with E-state index in [0.717, 1.165) is 19.3 Å². The first-order chi connectivity index (χ1) is 25.9. The van der Waals surface area contributed by atoms with Crippen LogP contribution in [0.5, 0.6) is 0 Å². The van der Waals surface area contributed by atoms with Crippen molar-refractivity contribution in [2.75, 3.05) is 40.5 Å². The van der Waals surface area contributed by atoms with Crippen LogP contribution in [0, 0.1) is 0 Å². The maximum atomic E-state index is 11.2. The second-order valence-electron chi connectivity index (χ2n) is 16.1. The third-order valence-electron chi connectivity index (χ3n) is 10.3. The summed E-state index contributed by atoms with van der Waals surface area (Å²) in [6, 6.07) is 0. The molecule has 0 aromatic rings. The fourth-order valence-electron chi connectivity index (χ4n) is 6.70. The highest BCUT2D eigenvalue weighted by Crippen LogP contribution is 2.18. The fourth-order valence-corrected chi connectivity index (χ4v) is 6.70. The lowest BCUT2D eigenvalue weighted by molar-refractivity contribution is -0.152. The van der Waals surface area contributed by atoms with Crippen LogP contribution >= 0.6 is 0 Å². The third-order valence-corrected chi connectivity index (χ3v) is 10.3. The highest BCUT2D eigenvalue weighted by Gasteiger charge is 2.24. The summed E-state index contributed by atoms with van der Waals surface area (Å²) in [7, 11) is 3.81. The minimum atomic E-state index is -0.685. The molecule has 0 amide bonds. The highest BCUT2D eigenvalue weighted by atomic mass is 16.6. The molecule has 7 nitrogen and oxygen atoms in total. The van der Waals surface area contributed by atoms with Gasteiger partial charge >= 0.3 is 5.97 Å². The van der Waals surface area contributed by atoms with Gasteiger partial charge in [0.05, 0.1) is 12.5 Å². The zero-order valence-electron chi connectivity index (χ0n) is 36.2. The summed E-state index contributed by atoms with van der Waals surface area (Å²) in [6.45, 7) is 6.26. The number of aliphatic hydroxyl groups excluding tert-OH is 3. The van der Waals surface area contributed by atoms with Gasteiger partial charge in [-0.1, -0.05) is 206 Å². The monoisotopic (exact) mass is 758 g/mol. The van der Waals surface area contributed by atoms with E-state index in [1.54, 1.807) is 0 Å². The van der Waals surface area contributed by atoms with Crippen LogP contribution in [0.4, 0.5) is 0 Å². The Morgan fingerprint density at radius 2 is 0.830 bits per heavy atom. The van der Waals surface area contributed by atoms with Gasteiger partial charge in [-0.25, -0.2) is 0 Å². The van der Waals surface area contributed by atoms with Gasteiger partial charge in [-0.3, -0.25) is 4.79 Å². The molecule has 7 heteroatoms. The molecule has 1 saturated heterocycles. The van der Waals surface area contributed by atoms with E-state index < -0.39 is 6.29 Å². The first kappa shape index (κ1) is 54.4. The molecule has 0 saturated carbocycles. The van der Waals surface area contributed by atoms with Gasteiger partial charge in [-0.15, -0.1) is 0 Å². The summed E-state index contributed by atoms with van der Waals surface area (Å²) >= 11 is 0. The zero-order valence-corrected chi connectivity index (χ0v) is 36.2. The van der Waals surface area contributed by atoms with Gasteiger partial charge in [0.15, 0.2) is 6.29 Å². The minimum Gasteiger partial charge on any atom is -0.463 e. The molecule has 1 heterocycles. The van der Waals surface area contributed by atoms with Crippen molar-refractivity contribution in [3.05, 3.63) is 0 Å². The molecular formula is C46H95NO6. The Morgan fingerprint density at radius 1 is 0.528 bits per heavy atom. The molecule has 0 spiro atoms. The van der Waals surface area contributed by atoms with Gasteiger partial charge in [-0.05, 0) is 33.4 Å². The molecule has 0 bridgehead atoms. The summed E-state index contributed by atoms with van der Waals surface area (Å²) in [6.07, 6.45) is 45.3. The molecule has 1 aliphatic heterocycles. The normalized spacial score (nSPS) is 15.2. The van der Waals surface area contributed by atoms with Crippen molar-refractivity contribution in [2.45, 2.75) is 251 Å². The van der Waals surface area contributed by atoms with Crippen LogP contribution in [0.2, 0.25) is 0 Å². The maximum Gasteiger partial charge on any atom is 0.307 e. The van der Waals surface area contributed by atoms with E-state index in [4.69, 9.17) is 24.8 Å². The van der Waals surface area contributed by atoms with Gasteiger partial charge < -0.3 is 29.7 Å². The number of ether oxygens (including phenoxy) is 2. The Bertz CT molecular complexity index is 612. The topological polar surface area (TPSA) is 99.5 Å². The molecule has 0 aliphatic carbocycles. The molecule has 1 rings (SSSR count). The van der Waals surface area contributed by atoms with Crippen molar-refractivity contribution < 1.29 is 29.6 Å². The number of hydrogen-bond donors (Lipinski definition) is 3. The summed E-state index contributed by atoms with van der Waals surface area (Å²) in [5.41, 5.74) is 0. The van der Waals surface area contributed by atoms with Crippen LogP contribution in [-0.4, -0.2) is 79.0 Å². The molecule has 320 valence electrons. The molecule has 1 aliphatic rings. The Kier molecular flexibility index (Phi) is 48.6. The maximum absolute atomic E-state index is 11.2. The highest BCUT2D eigenvalue weighted by molar-refractivity contribution is 5.69. The fraction of sp³-hybridized carbons (Fsp3) is 0.978. The summed E-state index contributed by atoms with van der Waals surface area (Å²) in [5, 5.41) is 26.4. The number of carbonyl (C=O) groups is 1. The van der Waals surface area contributed by atoms with Crippen molar-refractivity contribution in [1.29, 1.82) is 0 Å². The number of nitrogens with zero attached hydrogens (tertiary/aromatic N) is 1. The lowest BCUT2D eigenvalue weighted by Crippen LogP contribution is -2.22. The predicted molar refractivity (Wildman–Crippen MR) is 228 cm³/mol. The predicted octanol–water partition coefficient (Wildman–Crippen LogP) is 12.5. The van der Waals surface area contributed by atoms with Crippen molar-refractivity contribution in [3.8, 4) is 0 Å². The van der Waals surface area contributed by atoms with E-state index in [1.807, 2.05) is 19.0 Å². The van der Waals surface area contributed by atoms with Crippen LogP contribution in [0.1, 0.15) is 239 Å². The average molecular weight is 758 g/mol. The molecular weight excluding hydrogens is 663 g/mol. The Balaban J connectivity index is 0.